The van der Waals surface area contributed by atoms with Gasteiger partial charge in [0.15, 0.2) is 6.40 Å². The largest absolute Gasteiger partial charge is 0.473 e. The summed E-state index contributed by atoms with van der Waals surface area (Å²) >= 11 is 4.58. The van der Waals surface area contributed by atoms with Gasteiger partial charge in [0.25, 0.3) is 0 Å². The molecule has 38 valence electrons. The Morgan fingerprint density at radius 3 is 3.14 bits per heavy atom. The second-order valence-electron chi connectivity index (χ2n) is 1.28. The number of hydrogen-bond acceptors (Lipinski definition) is 3. The molecule has 0 radical (unpaired) electrons. The molecule has 2 nitrogen and oxygen atoms in total. The van der Waals surface area contributed by atoms with Crippen LogP contribution in [0.3, 0.4) is 0 Å². The van der Waals surface area contributed by atoms with E-state index in [2.05, 4.69) is 17.2 Å². The van der Waals surface area contributed by atoms with Gasteiger partial charge in [-0.2, -0.15) is 0 Å². The summed E-state index contributed by atoms with van der Waals surface area (Å²) in [5, 5.41) is 1.58. The molecule has 0 bridgehead atoms. The van der Waals surface area contributed by atoms with Crippen LogP contribution in [-0.4, -0.2) is 24.4 Å². The molecular formula is C4H5NOS. The van der Waals surface area contributed by atoms with Gasteiger partial charge in [-0.15, -0.1) is 0 Å². The molecule has 1 atom stereocenters. The summed E-state index contributed by atoms with van der Waals surface area (Å²) in [5.41, 5.74) is 0. The lowest BCUT2D eigenvalue weighted by Crippen LogP contribution is -2.09. The van der Waals surface area contributed by atoms with Crippen molar-refractivity contribution >= 4 is 24.0 Å². The predicted molar refractivity (Wildman–Crippen MR) is 31.9 cm³/mol. The number of thiocarbonyl (C=S) groups is 1. The van der Waals surface area contributed by atoms with Crippen molar-refractivity contribution in [1.29, 1.82) is 0 Å². The van der Waals surface area contributed by atoms with Gasteiger partial charge in [0.2, 0.25) is 0 Å². The van der Waals surface area contributed by atoms with Gasteiger partial charge in [-0.25, -0.2) is 0 Å². The van der Waals surface area contributed by atoms with Gasteiger partial charge in [0, 0.05) is 5.37 Å². The molecule has 0 aromatic heterocycles. The van der Waals surface area contributed by atoms with Gasteiger partial charge in [-0.1, -0.05) is 12.2 Å². The van der Waals surface area contributed by atoms with E-state index in [1.165, 1.54) is 6.40 Å². The van der Waals surface area contributed by atoms with Crippen molar-refractivity contribution in [1.82, 2.24) is 0 Å². The molecule has 3 heteroatoms. The average Bonchev–Trinajstić information content (AvgIpc) is 2.14. The summed E-state index contributed by atoms with van der Waals surface area (Å²) in [5.74, 6) is 0. The Balaban J connectivity index is 2.35. The zero-order valence-corrected chi connectivity index (χ0v) is 4.52. The molecule has 0 aliphatic carbocycles. The predicted octanol–water partition coefficient (Wildman–Crippen LogP) is 0.413. The molecule has 7 heavy (non-hydrogen) atoms. The molecule has 0 N–H and O–H groups in total. The van der Waals surface area contributed by atoms with E-state index in [1.54, 1.807) is 5.37 Å². The number of ether oxygens (including phenoxy) is 1. The maximum atomic E-state index is 4.85. The summed E-state index contributed by atoms with van der Waals surface area (Å²) in [7, 11) is 0. The van der Waals surface area contributed by atoms with Crippen molar-refractivity contribution in [3.8, 4) is 0 Å². The zero-order valence-electron chi connectivity index (χ0n) is 3.70. The Hall–Kier alpha value is -0.440. The highest BCUT2D eigenvalue weighted by atomic mass is 32.1. The van der Waals surface area contributed by atoms with E-state index in [0.29, 0.717) is 6.54 Å². The molecular weight excluding hydrogens is 110 g/mol. The number of rotatable bonds is 1. The highest BCUT2D eigenvalue weighted by molar-refractivity contribution is 7.79. The van der Waals surface area contributed by atoms with Crippen LogP contribution in [0.2, 0.25) is 0 Å². The fourth-order valence-electron chi connectivity index (χ4n) is 0.386. The Morgan fingerprint density at radius 1 is 2.00 bits per heavy atom. The van der Waals surface area contributed by atoms with Crippen LogP contribution in [0.15, 0.2) is 4.99 Å². The first-order valence-corrected chi connectivity index (χ1v) is 2.49. The third-order valence-electron chi connectivity index (χ3n) is 0.747. The van der Waals surface area contributed by atoms with Crippen LogP contribution in [0.4, 0.5) is 0 Å². The Kier molecular flexibility index (Phi) is 1.36. The lowest BCUT2D eigenvalue weighted by Gasteiger charge is -1.95. The van der Waals surface area contributed by atoms with Gasteiger partial charge in [-0.05, 0) is 0 Å². The summed E-state index contributed by atoms with van der Waals surface area (Å²) in [6.45, 7) is 0.698. The summed E-state index contributed by atoms with van der Waals surface area (Å²) in [6.07, 6.45) is 1.50. The van der Waals surface area contributed by atoms with E-state index in [1.807, 2.05) is 0 Å². The third-order valence-corrected chi connectivity index (χ3v) is 1.05. The van der Waals surface area contributed by atoms with Crippen LogP contribution in [0, 0.1) is 0 Å². The molecule has 1 unspecified atom stereocenters. The third kappa shape index (κ3) is 0.962. The van der Waals surface area contributed by atoms with Crippen LogP contribution < -0.4 is 0 Å². The Labute approximate surface area is 47.2 Å². The fraction of sp³-hybridized carbons (Fsp3) is 0.500. The standard InChI is InChI=1S/C4H5NOS/c7-2-4-1-5-3-6-4/h2-4H,1H2. The molecule has 0 aromatic rings. The first-order chi connectivity index (χ1) is 3.43. The van der Waals surface area contributed by atoms with Gasteiger partial charge >= 0.3 is 0 Å². The van der Waals surface area contributed by atoms with Crippen molar-refractivity contribution in [2.45, 2.75) is 6.10 Å². The molecule has 0 fully saturated rings. The van der Waals surface area contributed by atoms with E-state index in [0.717, 1.165) is 0 Å². The molecule has 0 aromatic carbocycles. The minimum atomic E-state index is 0.0648. The zero-order chi connectivity index (χ0) is 5.11. The van der Waals surface area contributed by atoms with E-state index in [4.69, 9.17) is 4.74 Å². The molecule has 1 aliphatic rings. The van der Waals surface area contributed by atoms with Crippen molar-refractivity contribution in [3.05, 3.63) is 0 Å². The van der Waals surface area contributed by atoms with E-state index in [9.17, 15) is 0 Å². The smallest absolute Gasteiger partial charge is 0.170 e. The highest BCUT2D eigenvalue weighted by Crippen LogP contribution is 1.93. The van der Waals surface area contributed by atoms with Crippen LogP contribution in [-0.2, 0) is 4.74 Å². The van der Waals surface area contributed by atoms with E-state index in [-0.39, 0.29) is 6.10 Å². The first-order valence-electron chi connectivity index (χ1n) is 2.02. The van der Waals surface area contributed by atoms with Crippen molar-refractivity contribution in [2.75, 3.05) is 6.54 Å². The van der Waals surface area contributed by atoms with E-state index >= 15 is 0 Å². The maximum Gasteiger partial charge on any atom is 0.170 e. The first kappa shape index (κ1) is 4.71. The lowest BCUT2D eigenvalue weighted by atomic mass is 10.4. The molecule has 0 saturated heterocycles. The molecule has 1 heterocycles. The van der Waals surface area contributed by atoms with E-state index < -0.39 is 0 Å². The highest BCUT2D eigenvalue weighted by Gasteiger charge is 2.05. The fourth-order valence-corrected chi connectivity index (χ4v) is 0.536. The SMILES string of the molecule is S=CC1CN=CO1. The van der Waals surface area contributed by atoms with Gasteiger partial charge in [0.05, 0.1) is 6.54 Å². The van der Waals surface area contributed by atoms with Gasteiger partial charge in [-0.3, -0.25) is 4.99 Å². The second-order valence-corrected chi connectivity index (χ2v) is 1.55. The molecule has 1 aliphatic heterocycles. The van der Waals surface area contributed by atoms with Crippen LogP contribution in [0.1, 0.15) is 0 Å². The molecule has 0 spiro atoms. The minimum Gasteiger partial charge on any atom is -0.473 e. The van der Waals surface area contributed by atoms with Gasteiger partial charge in [0.1, 0.15) is 6.10 Å². The van der Waals surface area contributed by atoms with Crippen LogP contribution in [0.5, 0.6) is 0 Å². The monoisotopic (exact) mass is 115 g/mol. The van der Waals surface area contributed by atoms with Crippen molar-refractivity contribution in [3.63, 3.8) is 0 Å². The Bertz CT molecular complexity index is 93.9. The molecule has 1 rings (SSSR count). The Morgan fingerprint density at radius 2 is 2.86 bits per heavy atom. The van der Waals surface area contributed by atoms with Gasteiger partial charge < -0.3 is 4.74 Å². The second kappa shape index (κ2) is 2.02. The molecule has 0 amide bonds. The summed E-state index contributed by atoms with van der Waals surface area (Å²) in [4.78, 5) is 3.79. The number of nitrogens with zero attached hydrogens (tertiary/aromatic N) is 1. The van der Waals surface area contributed by atoms with Crippen molar-refractivity contribution in [2.24, 2.45) is 4.99 Å². The summed E-state index contributed by atoms with van der Waals surface area (Å²) < 4.78 is 4.85. The van der Waals surface area contributed by atoms with Crippen LogP contribution in [0.25, 0.3) is 0 Å². The normalized spacial score (nSPS) is 27.1. The minimum absolute atomic E-state index is 0.0648. The maximum absolute atomic E-state index is 4.85. The average molecular weight is 115 g/mol. The molecule has 0 saturated carbocycles. The number of aliphatic imine (C=N–C) groups is 1. The quantitative estimate of drug-likeness (QED) is 0.462. The lowest BCUT2D eigenvalue weighted by molar-refractivity contribution is 0.311. The van der Waals surface area contributed by atoms with Crippen molar-refractivity contribution < 1.29 is 4.74 Å². The number of hydrogen-bond donors (Lipinski definition) is 0. The summed E-state index contributed by atoms with van der Waals surface area (Å²) in [6, 6.07) is 0. The topological polar surface area (TPSA) is 21.6 Å². The van der Waals surface area contributed by atoms with Crippen LogP contribution >= 0.6 is 12.2 Å².